The standard InChI is InChI=1S/C18H19N7O2S2/c1-12-10-28-17(20-12)21-15(26)11-29-18-23-22-14(9-24-8-4-6-16(24)27)25(18)13-5-2-3-7-19-13/h2-3,5,7,10H,4,6,8-9,11H2,1H3,(H,20,21,26). The van der Waals surface area contributed by atoms with Crippen LogP contribution in [0.25, 0.3) is 5.82 Å². The largest absolute Gasteiger partial charge is 0.335 e. The summed E-state index contributed by atoms with van der Waals surface area (Å²) in [5.41, 5.74) is 0.869. The van der Waals surface area contributed by atoms with Crippen LogP contribution in [0.3, 0.4) is 0 Å². The van der Waals surface area contributed by atoms with Crippen LogP contribution in [0.5, 0.6) is 0 Å². The van der Waals surface area contributed by atoms with Crippen molar-refractivity contribution in [2.45, 2.75) is 31.5 Å². The van der Waals surface area contributed by atoms with Crippen LogP contribution in [0.15, 0.2) is 34.9 Å². The fraction of sp³-hybridized carbons (Fsp3) is 0.333. The monoisotopic (exact) mass is 429 g/mol. The number of rotatable bonds is 7. The van der Waals surface area contributed by atoms with E-state index in [1.807, 2.05) is 30.5 Å². The van der Waals surface area contributed by atoms with Gasteiger partial charge in [-0.15, -0.1) is 21.5 Å². The molecule has 1 saturated heterocycles. The zero-order valence-corrected chi connectivity index (χ0v) is 17.4. The Bertz CT molecular complexity index is 1020. The second-order valence-corrected chi connectivity index (χ2v) is 8.27. The number of pyridine rings is 1. The van der Waals surface area contributed by atoms with E-state index in [0.717, 1.165) is 12.1 Å². The molecule has 2 amide bonds. The maximum Gasteiger partial charge on any atom is 0.236 e. The molecule has 4 heterocycles. The third kappa shape index (κ3) is 4.62. The van der Waals surface area contributed by atoms with Crippen molar-refractivity contribution in [1.29, 1.82) is 0 Å². The van der Waals surface area contributed by atoms with E-state index in [4.69, 9.17) is 0 Å². The highest BCUT2D eigenvalue weighted by Crippen LogP contribution is 2.23. The van der Waals surface area contributed by atoms with Crippen LogP contribution >= 0.6 is 23.1 Å². The summed E-state index contributed by atoms with van der Waals surface area (Å²) < 4.78 is 1.80. The van der Waals surface area contributed by atoms with Gasteiger partial charge in [-0.2, -0.15) is 0 Å². The lowest BCUT2D eigenvalue weighted by Crippen LogP contribution is -2.26. The van der Waals surface area contributed by atoms with E-state index in [1.54, 1.807) is 15.7 Å². The van der Waals surface area contributed by atoms with Crippen LogP contribution in [-0.4, -0.2) is 53.7 Å². The molecule has 1 aliphatic heterocycles. The molecular formula is C18H19N7O2S2. The molecule has 0 unspecified atom stereocenters. The van der Waals surface area contributed by atoms with E-state index in [0.29, 0.717) is 41.4 Å². The lowest BCUT2D eigenvalue weighted by molar-refractivity contribution is -0.128. The summed E-state index contributed by atoms with van der Waals surface area (Å²) in [5.74, 6) is 1.38. The van der Waals surface area contributed by atoms with E-state index in [2.05, 4.69) is 25.5 Å². The first-order valence-corrected chi connectivity index (χ1v) is 10.9. The lowest BCUT2D eigenvalue weighted by Gasteiger charge is -2.16. The first kappa shape index (κ1) is 19.5. The van der Waals surface area contributed by atoms with Gasteiger partial charge in [-0.1, -0.05) is 17.8 Å². The summed E-state index contributed by atoms with van der Waals surface area (Å²) in [6, 6.07) is 5.55. The number of aromatic nitrogens is 5. The molecule has 4 rings (SSSR count). The van der Waals surface area contributed by atoms with E-state index in [1.165, 1.54) is 23.1 Å². The molecule has 0 spiro atoms. The van der Waals surface area contributed by atoms with Gasteiger partial charge >= 0.3 is 0 Å². The Morgan fingerprint density at radius 2 is 2.24 bits per heavy atom. The first-order valence-electron chi connectivity index (χ1n) is 9.08. The van der Waals surface area contributed by atoms with E-state index in [9.17, 15) is 9.59 Å². The van der Waals surface area contributed by atoms with Crippen molar-refractivity contribution in [2.75, 3.05) is 17.6 Å². The number of hydrogen-bond donors (Lipinski definition) is 1. The number of aryl methyl sites for hydroxylation is 1. The van der Waals surface area contributed by atoms with Crippen LogP contribution in [0, 0.1) is 6.92 Å². The summed E-state index contributed by atoms with van der Waals surface area (Å²) in [4.78, 5) is 34.7. The molecule has 0 atom stereocenters. The summed E-state index contributed by atoms with van der Waals surface area (Å²) in [5, 5.41) is 14.3. The summed E-state index contributed by atoms with van der Waals surface area (Å²) >= 11 is 2.65. The van der Waals surface area contributed by atoms with Gasteiger partial charge in [0.1, 0.15) is 5.82 Å². The predicted molar refractivity (Wildman–Crippen MR) is 110 cm³/mol. The minimum Gasteiger partial charge on any atom is -0.335 e. The van der Waals surface area contributed by atoms with E-state index >= 15 is 0 Å². The maximum absolute atomic E-state index is 12.3. The quantitative estimate of drug-likeness (QED) is 0.574. The van der Waals surface area contributed by atoms with Gasteiger partial charge in [-0.25, -0.2) is 9.97 Å². The van der Waals surface area contributed by atoms with Gasteiger partial charge in [0, 0.05) is 24.5 Å². The number of nitrogens with one attached hydrogen (secondary N) is 1. The second-order valence-electron chi connectivity index (χ2n) is 6.47. The Morgan fingerprint density at radius 1 is 1.34 bits per heavy atom. The van der Waals surface area contributed by atoms with E-state index < -0.39 is 0 Å². The van der Waals surface area contributed by atoms with E-state index in [-0.39, 0.29) is 17.6 Å². The molecule has 1 fully saturated rings. The minimum atomic E-state index is -0.170. The molecule has 150 valence electrons. The minimum absolute atomic E-state index is 0.118. The number of thioether (sulfide) groups is 1. The normalized spacial score (nSPS) is 13.8. The third-order valence-corrected chi connectivity index (χ3v) is 6.08. The number of carbonyl (C=O) groups is 2. The Balaban J connectivity index is 1.51. The highest BCUT2D eigenvalue weighted by molar-refractivity contribution is 7.99. The van der Waals surface area contributed by atoms with Crippen LogP contribution in [-0.2, 0) is 16.1 Å². The lowest BCUT2D eigenvalue weighted by atomic mass is 10.4. The van der Waals surface area contributed by atoms with Crippen molar-refractivity contribution < 1.29 is 9.59 Å². The number of carbonyl (C=O) groups excluding carboxylic acids is 2. The first-order chi connectivity index (χ1) is 14.1. The summed E-state index contributed by atoms with van der Waals surface area (Å²) in [6.07, 6.45) is 3.11. The number of hydrogen-bond acceptors (Lipinski definition) is 8. The molecule has 0 aromatic carbocycles. The predicted octanol–water partition coefficient (Wildman–Crippen LogP) is 2.28. The maximum atomic E-state index is 12.3. The molecule has 11 heteroatoms. The molecule has 3 aromatic rings. The topological polar surface area (TPSA) is 106 Å². The molecule has 9 nitrogen and oxygen atoms in total. The molecule has 0 radical (unpaired) electrons. The van der Waals surface area contributed by atoms with Gasteiger partial charge in [0.05, 0.1) is 18.0 Å². The molecule has 1 aliphatic rings. The van der Waals surface area contributed by atoms with Crippen molar-refractivity contribution in [2.24, 2.45) is 0 Å². The Hall–Kier alpha value is -2.79. The average Bonchev–Trinajstić information content (AvgIpc) is 3.42. The highest BCUT2D eigenvalue weighted by Gasteiger charge is 2.24. The SMILES string of the molecule is Cc1csc(NC(=O)CSc2nnc(CN3CCCC3=O)n2-c2ccccn2)n1. The molecule has 29 heavy (non-hydrogen) atoms. The zero-order valence-electron chi connectivity index (χ0n) is 15.7. The third-order valence-electron chi connectivity index (χ3n) is 4.28. The van der Waals surface area contributed by atoms with Crippen molar-refractivity contribution in [3.8, 4) is 5.82 Å². The van der Waals surface area contributed by atoms with Crippen LogP contribution in [0.1, 0.15) is 24.4 Å². The van der Waals surface area contributed by atoms with Crippen molar-refractivity contribution >= 4 is 40.0 Å². The van der Waals surface area contributed by atoms with Gasteiger partial charge in [0.25, 0.3) is 0 Å². The number of nitrogens with zero attached hydrogens (tertiary/aromatic N) is 6. The van der Waals surface area contributed by atoms with Crippen molar-refractivity contribution in [1.82, 2.24) is 29.6 Å². The molecule has 0 bridgehead atoms. The van der Waals surface area contributed by atoms with Crippen molar-refractivity contribution in [3.63, 3.8) is 0 Å². The average molecular weight is 430 g/mol. The van der Waals surface area contributed by atoms with Gasteiger partial charge in [0.15, 0.2) is 16.1 Å². The van der Waals surface area contributed by atoms with Gasteiger partial charge < -0.3 is 10.2 Å². The van der Waals surface area contributed by atoms with Crippen molar-refractivity contribution in [3.05, 3.63) is 41.3 Å². The molecule has 3 aromatic heterocycles. The molecule has 1 N–H and O–H groups in total. The zero-order chi connectivity index (χ0) is 20.2. The smallest absolute Gasteiger partial charge is 0.236 e. The number of likely N-dealkylation sites (tertiary alicyclic amines) is 1. The Labute approximate surface area is 175 Å². The fourth-order valence-corrected chi connectivity index (χ4v) is 4.41. The number of amides is 2. The van der Waals surface area contributed by atoms with Crippen LogP contribution < -0.4 is 5.32 Å². The highest BCUT2D eigenvalue weighted by atomic mass is 32.2. The molecular weight excluding hydrogens is 410 g/mol. The molecule has 0 aliphatic carbocycles. The van der Waals surface area contributed by atoms with Crippen LogP contribution in [0.4, 0.5) is 5.13 Å². The fourth-order valence-electron chi connectivity index (χ4n) is 2.95. The Kier molecular flexibility index (Phi) is 5.86. The van der Waals surface area contributed by atoms with Gasteiger partial charge in [-0.3, -0.25) is 14.2 Å². The summed E-state index contributed by atoms with van der Waals surface area (Å²) in [7, 11) is 0. The number of anilines is 1. The van der Waals surface area contributed by atoms with Gasteiger partial charge in [-0.05, 0) is 25.5 Å². The second kappa shape index (κ2) is 8.70. The summed E-state index contributed by atoms with van der Waals surface area (Å²) in [6.45, 7) is 2.96. The molecule has 0 saturated carbocycles. The van der Waals surface area contributed by atoms with Gasteiger partial charge in [0.2, 0.25) is 11.8 Å². The Morgan fingerprint density at radius 3 is 2.93 bits per heavy atom. The van der Waals surface area contributed by atoms with Crippen LogP contribution in [0.2, 0.25) is 0 Å². The number of thiazole rings is 1.